The van der Waals surface area contributed by atoms with Crippen LogP contribution in [0.15, 0.2) is 41.5 Å². The van der Waals surface area contributed by atoms with Crippen molar-refractivity contribution in [3.63, 3.8) is 0 Å². The molecule has 2 aromatic carbocycles. The van der Waals surface area contributed by atoms with Crippen molar-refractivity contribution in [3.8, 4) is 0 Å². The number of anilines is 1. The highest BCUT2D eigenvalue weighted by atomic mass is 35.5. The maximum atomic E-state index is 13.0. The monoisotopic (exact) mass is 490 g/mol. The fourth-order valence-corrected chi connectivity index (χ4v) is 3.72. The molecule has 2 aromatic rings. The first-order valence-corrected chi connectivity index (χ1v) is 11.3. The third kappa shape index (κ3) is 5.40. The number of hydrazine groups is 1. The van der Waals surface area contributed by atoms with E-state index in [0.717, 1.165) is 18.1 Å². The first kappa shape index (κ1) is 25.6. The van der Waals surface area contributed by atoms with Crippen LogP contribution < -0.4 is 15.7 Å². The molecule has 0 aliphatic carbocycles. The van der Waals surface area contributed by atoms with Gasteiger partial charge in [0.1, 0.15) is 0 Å². The van der Waals surface area contributed by atoms with Crippen molar-refractivity contribution >= 4 is 38.9 Å². The van der Waals surface area contributed by atoms with Crippen LogP contribution in [0.25, 0.3) is 0 Å². The number of carbonyl (C=O) groups is 1. The molecule has 0 heterocycles. The standard InChI is InChI=1S/C20H22ClF3N4O3S/c1-4-13-7-8-14(16(21)11-13)19(29)27-26-17(5-2)15-10-12(3)6-9-18(15)28(25)32(30,31)20(22,23)24/h6-11H,4-5,25H2,1-3H3,(H,27,29)/b26-17+. The maximum Gasteiger partial charge on any atom is 0.518 e. The van der Waals surface area contributed by atoms with E-state index in [2.05, 4.69) is 10.5 Å². The van der Waals surface area contributed by atoms with Crippen LogP contribution in [0.2, 0.25) is 5.02 Å². The Morgan fingerprint density at radius 1 is 1.16 bits per heavy atom. The second kappa shape index (κ2) is 9.88. The molecule has 2 rings (SSSR count). The Bertz CT molecular complexity index is 1150. The number of rotatable bonds is 7. The third-order valence-electron chi connectivity index (χ3n) is 4.57. The van der Waals surface area contributed by atoms with Crippen molar-refractivity contribution in [2.75, 3.05) is 4.41 Å². The molecule has 0 radical (unpaired) electrons. The van der Waals surface area contributed by atoms with Gasteiger partial charge >= 0.3 is 15.5 Å². The highest BCUT2D eigenvalue weighted by molar-refractivity contribution is 7.93. The van der Waals surface area contributed by atoms with E-state index in [0.29, 0.717) is 5.56 Å². The Labute approximate surface area is 189 Å². The number of sulfonamides is 1. The van der Waals surface area contributed by atoms with Crippen molar-refractivity contribution in [1.29, 1.82) is 0 Å². The minimum absolute atomic E-state index is 0.0237. The van der Waals surface area contributed by atoms with Gasteiger partial charge in [-0.15, -0.1) is 0 Å². The van der Waals surface area contributed by atoms with E-state index in [4.69, 9.17) is 17.4 Å². The van der Waals surface area contributed by atoms with Crippen LogP contribution in [0.4, 0.5) is 18.9 Å². The van der Waals surface area contributed by atoms with Gasteiger partial charge in [-0.1, -0.05) is 43.1 Å². The van der Waals surface area contributed by atoms with E-state index in [-0.39, 0.29) is 32.7 Å². The number of nitrogens with two attached hydrogens (primary N) is 1. The fourth-order valence-electron chi connectivity index (χ4n) is 2.79. The number of benzene rings is 2. The Morgan fingerprint density at radius 2 is 1.81 bits per heavy atom. The zero-order valence-electron chi connectivity index (χ0n) is 17.5. The number of alkyl halides is 3. The van der Waals surface area contributed by atoms with Crippen molar-refractivity contribution in [3.05, 3.63) is 63.7 Å². The molecular formula is C20H22ClF3N4O3S. The first-order valence-electron chi connectivity index (χ1n) is 9.46. The second-order valence-electron chi connectivity index (χ2n) is 6.79. The highest BCUT2D eigenvalue weighted by Crippen LogP contribution is 2.31. The average Bonchev–Trinajstić information content (AvgIpc) is 2.72. The maximum absolute atomic E-state index is 13.0. The summed E-state index contributed by atoms with van der Waals surface area (Å²) in [6.45, 7) is 5.23. The molecule has 0 atom stereocenters. The molecule has 0 bridgehead atoms. The highest BCUT2D eigenvalue weighted by Gasteiger charge is 2.50. The molecule has 1 amide bonds. The molecule has 0 saturated heterocycles. The van der Waals surface area contributed by atoms with Crippen LogP contribution >= 0.6 is 11.6 Å². The minimum Gasteiger partial charge on any atom is -0.267 e. The summed E-state index contributed by atoms with van der Waals surface area (Å²) in [6.07, 6.45) is 0.880. The lowest BCUT2D eigenvalue weighted by Gasteiger charge is -2.23. The summed E-state index contributed by atoms with van der Waals surface area (Å²) < 4.78 is 62.2. The lowest BCUT2D eigenvalue weighted by Crippen LogP contribution is -2.46. The number of amides is 1. The molecule has 0 fully saturated rings. The van der Waals surface area contributed by atoms with Gasteiger partial charge in [0.2, 0.25) is 0 Å². The van der Waals surface area contributed by atoms with E-state index < -0.39 is 27.1 Å². The predicted octanol–water partition coefficient (Wildman–Crippen LogP) is 4.28. The van der Waals surface area contributed by atoms with Gasteiger partial charge in [-0.05, 0) is 49.6 Å². The van der Waals surface area contributed by atoms with Crippen molar-refractivity contribution < 1.29 is 26.4 Å². The van der Waals surface area contributed by atoms with Gasteiger partial charge in [-0.25, -0.2) is 11.3 Å². The van der Waals surface area contributed by atoms with Crippen LogP contribution in [0.3, 0.4) is 0 Å². The number of hydrogen-bond donors (Lipinski definition) is 2. The van der Waals surface area contributed by atoms with Gasteiger partial charge < -0.3 is 0 Å². The molecule has 0 aliphatic rings. The Hall–Kier alpha value is -2.63. The molecule has 174 valence electrons. The summed E-state index contributed by atoms with van der Waals surface area (Å²) in [5, 5.41) is 4.22. The number of carbonyl (C=O) groups excluding carboxylic acids is 1. The Morgan fingerprint density at radius 3 is 2.34 bits per heavy atom. The predicted molar refractivity (Wildman–Crippen MR) is 118 cm³/mol. The van der Waals surface area contributed by atoms with Crippen LogP contribution in [0.1, 0.15) is 47.3 Å². The van der Waals surface area contributed by atoms with Gasteiger partial charge in [-0.2, -0.15) is 31.1 Å². The summed E-state index contributed by atoms with van der Waals surface area (Å²) >= 11 is 6.14. The van der Waals surface area contributed by atoms with Gasteiger partial charge in [-0.3, -0.25) is 4.79 Å². The number of hydrogen-bond acceptors (Lipinski definition) is 5. The van der Waals surface area contributed by atoms with Crippen LogP contribution in [-0.2, 0) is 16.4 Å². The average molecular weight is 491 g/mol. The minimum atomic E-state index is -5.84. The van der Waals surface area contributed by atoms with Gasteiger partial charge in [0, 0.05) is 5.56 Å². The fraction of sp³-hybridized carbons (Fsp3) is 0.300. The number of halogens is 4. The SMILES string of the molecule is CC/C(=N\NC(=O)c1ccc(CC)cc1Cl)c1cc(C)ccc1N(N)S(=O)(=O)C(F)(F)F. The molecule has 32 heavy (non-hydrogen) atoms. The Kier molecular flexibility index (Phi) is 7.92. The van der Waals surface area contributed by atoms with Crippen LogP contribution in [-0.4, -0.2) is 25.5 Å². The van der Waals surface area contributed by atoms with Crippen LogP contribution in [0.5, 0.6) is 0 Å². The van der Waals surface area contributed by atoms with E-state index >= 15 is 0 Å². The molecule has 0 aliphatic heterocycles. The lowest BCUT2D eigenvalue weighted by molar-refractivity contribution is -0.0438. The Balaban J connectivity index is 2.46. The van der Waals surface area contributed by atoms with Crippen molar-refractivity contribution in [1.82, 2.24) is 5.43 Å². The van der Waals surface area contributed by atoms with Crippen molar-refractivity contribution in [2.45, 2.75) is 39.1 Å². The topological polar surface area (TPSA) is 105 Å². The molecule has 12 heteroatoms. The second-order valence-corrected chi connectivity index (χ2v) is 9.00. The molecular weight excluding hydrogens is 469 g/mol. The largest absolute Gasteiger partial charge is 0.518 e. The van der Waals surface area contributed by atoms with E-state index in [1.807, 2.05) is 6.92 Å². The summed E-state index contributed by atoms with van der Waals surface area (Å²) in [4.78, 5) is 12.5. The van der Waals surface area contributed by atoms with Gasteiger partial charge in [0.05, 0.1) is 22.0 Å². The summed E-state index contributed by atoms with van der Waals surface area (Å²) in [7, 11) is -5.84. The van der Waals surface area contributed by atoms with E-state index in [1.54, 1.807) is 26.0 Å². The van der Waals surface area contributed by atoms with Crippen LogP contribution in [0, 0.1) is 6.92 Å². The molecule has 0 unspecified atom stereocenters. The number of nitrogens with one attached hydrogen (secondary N) is 1. The summed E-state index contributed by atoms with van der Waals surface area (Å²) in [5.41, 5.74) is -1.87. The van der Waals surface area contributed by atoms with Gasteiger partial charge in [0.15, 0.2) is 0 Å². The third-order valence-corrected chi connectivity index (χ3v) is 6.18. The zero-order chi connectivity index (χ0) is 24.3. The van der Waals surface area contributed by atoms with E-state index in [9.17, 15) is 26.4 Å². The number of aryl methyl sites for hydroxylation is 2. The first-order chi connectivity index (χ1) is 14.8. The lowest BCUT2D eigenvalue weighted by atomic mass is 10.0. The smallest absolute Gasteiger partial charge is 0.267 e. The molecule has 7 nitrogen and oxygen atoms in total. The number of nitrogens with zero attached hydrogens (tertiary/aromatic N) is 2. The van der Waals surface area contributed by atoms with E-state index in [1.165, 1.54) is 18.2 Å². The quantitative estimate of drug-likeness (QED) is 0.343. The van der Waals surface area contributed by atoms with Crippen molar-refractivity contribution in [2.24, 2.45) is 10.9 Å². The summed E-state index contributed by atoms with van der Waals surface area (Å²) in [6, 6.07) is 8.89. The number of hydrazone groups is 1. The van der Waals surface area contributed by atoms with Gasteiger partial charge in [0.25, 0.3) is 5.91 Å². The molecule has 0 saturated carbocycles. The molecule has 3 N–H and O–H groups in total. The zero-order valence-corrected chi connectivity index (χ0v) is 19.1. The summed E-state index contributed by atoms with van der Waals surface area (Å²) in [5.74, 6) is 4.73. The molecule has 0 aromatic heterocycles. The normalized spacial score (nSPS) is 12.6. The molecule has 0 spiro atoms.